The molecule has 3 nitrogen and oxygen atoms in total. The van der Waals surface area contributed by atoms with Crippen molar-refractivity contribution in [3.8, 4) is 5.75 Å². The summed E-state index contributed by atoms with van der Waals surface area (Å²) in [5, 5.41) is 4.07. The lowest BCUT2D eigenvalue weighted by Gasteiger charge is -2.24. The van der Waals surface area contributed by atoms with Crippen LogP contribution in [0.5, 0.6) is 5.75 Å². The van der Waals surface area contributed by atoms with Crippen LogP contribution in [-0.2, 0) is 4.74 Å². The van der Waals surface area contributed by atoms with Gasteiger partial charge in [0.25, 0.3) is 0 Å². The number of anilines is 1. The lowest BCUT2D eigenvalue weighted by Crippen LogP contribution is -2.30. The molecule has 0 saturated carbocycles. The highest BCUT2D eigenvalue weighted by atomic mass is 35.5. The summed E-state index contributed by atoms with van der Waals surface area (Å²) in [6.45, 7) is 1.62. The maximum atomic E-state index is 6.14. The first-order valence-corrected chi connectivity index (χ1v) is 5.85. The highest BCUT2D eigenvalue weighted by Crippen LogP contribution is 2.28. The SMILES string of the molecule is COc1ccc(NC2CCCOC2)c(Cl)c1. The second kappa shape index (κ2) is 5.41. The van der Waals surface area contributed by atoms with Gasteiger partial charge in [-0.2, -0.15) is 0 Å². The van der Waals surface area contributed by atoms with Crippen molar-refractivity contribution in [2.75, 3.05) is 25.6 Å². The number of ether oxygens (including phenoxy) is 2. The van der Waals surface area contributed by atoms with Crippen molar-refractivity contribution in [2.45, 2.75) is 18.9 Å². The molecule has 1 N–H and O–H groups in total. The van der Waals surface area contributed by atoms with E-state index < -0.39 is 0 Å². The normalized spacial score (nSPS) is 20.5. The molecular weight excluding hydrogens is 226 g/mol. The van der Waals surface area contributed by atoms with E-state index in [-0.39, 0.29) is 0 Å². The zero-order valence-corrected chi connectivity index (χ0v) is 10.1. The Morgan fingerprint density at radius 3 is 3.00 bits per heavy atom. The van der Waals surface area contributed by atoms with Crippen molar-refractivity contribution >= 4 is 17.3 Å². The van der Waals surface area contributed by atoms with Crippen LogP contribution in [0.4, 0.5) is 5.69 Å². The lowest BCUT2D eigenvalue weighted by molar-refractivity contribution is 0.0876. The molecule has 1 aromatic rings. The maximum absolute atomic E-state index is 6.14. The molecule has 0 aliphatic carbocycles. The highest BCUT2D eigenvalue weighted by molar-refractivity contribution is 6.33. The van der Waals surface area contributed by atoms with Crippen molar-refractivity contribution in [1.82, 2.24) is 0 Å². The second-order valence-corrected chi connectivity index (χ2v) is 4.31. The lowest BCUT2D eigenvalue weighted by atomic mass is 10.1. The van der Waals surface area contributed by atoms with Crippen molar-refractivity contribution < 1.29 is 9.47 Å². The molecule has 0 radical (unpaired) electrons. The fraction of sp³-hybridized carbons (Fsp3) is 0.500. The molecule has 4 heteroatoms. The first kappa shape index (κ1) is 11.6. The zero-order chi connectivity index (χ0) is 11.4. The number of methoxy groups -OCH3 is 1. The Labute approximate surface area is 101 Å². The summed E-state index contributed by atoms with van der Waals surface area (Å²) < 4.78 is 10.5. The number of benzene rings is 1. The van der Waals surface area contributed by atoms with Gasteiger partial charge in [-0.1, -0.05) is 11.6 Å². The summed E-state index contributed by atoms with van der Waals surface area (Å²) in [6, 6.07) is 6.01. The Hall–Kier alpha value is -0.930. The molecule has 1 fully saturated rings. The number of nitrogens with one attached hydrogen (secondary N) is 1. The molecule has 1 heterocycles. The Morgan fingerprint density at radius 2 is 2.38 bits per heavy atom. The zero-order valence-electron chi connectivity index (χ0n) is 9.33. The highest BCUT2D eigenvalue weighted by Gasteiger charge is 2.14. The predicted molar refractivity (Wildman–Crippen MR) is 65.5 cm³/mol. The van der Waals surface area contributed by atoms with Crippen LogP contribution in [0.15, 0.2) is 18.2 Å². The van der Waals surface area contributed by atoms with E-state index in [1.165, 1.54) is 0 Å². The van der Waals surface area contributed by atoms with Crippen LogP contribution >= 0.6 is 11.6 Å². The largest absolute Gasteiger partial charge is 0.497 e. The minimum absolute atomic E-state index is 0.361. The fourth-order valence-corrected chi connectivity index (χ4v) is 2.04. The minimum atomic E-state index is 0.361. The smallest absolute Gasteiger partial charge is 0.120 e. The second-order valence-electron chi connectivity index (χ2n) is 3.90. The molecule has 1 aromatic carbocycles. The van der Waals surface area contributed by atoms with E-state index in [1.807, 2.05) is 18.2 Å². The molecule has 0 aromatic heterocycles. The van der Waals surface area contributed by atoms with Crippen LogP contribution in [0.3, 0.4) is 0 Å². The quantitative estimate of drug-likeness (QED) is 0.883. The van der Waals surface area contributed by atoms with Crippen LogP contribution in [0.1, 0.15) is 12.8 Å². The number of halogens is 1. The van der Waals surface area contributed by atoms with Gasteiger partial charge in [0, 0.05) is 18.7 Å². The van der Waals surface area contributed by atoms with E-state index >= 15 is 0 Å². The Bertz CT molecular complexity index is 351. The van der Waals surface area contributed by atoms with Crippen molar-refractivity contribution in [1.29, 1.82) is 0 Å². The summed E-state index contributed by atoms with van der Waals surface area (Å²) in [7, 11) is 1.63. The van der Waals surface area contributed by atoms with Gasteiger partial charge < -0.3 is 14.8 Å². The molecule has 88 valence electrons. The summed E-state index contributed by atoms with van der Waals surface area (Å²) in [4.78, 5) is 0. The average molecular weight is 242 g/mol. The molecule has 0 bridgehead atoms. The van der Waals surface area contributed by atoms with Crippen molar-refractivity contribution in [2.24, 2.45) is 0 Å². The molecule has 0 spiro atoms. The van der Waals surface area contributed by atoms with Crippen LogP contribution in [0.2, 0.25) is 5.02 Å². The van der Waals surface area contributed by atoms with Gasteiger partial charge in [0.15, 0.2) is 0 Å². The Balaban J connectivity index is 2.03. The Kier molecular flexibility index (Phi) is 3.91. The first-order chi connectivity index (χ1) is 7.79. The summed E-state index contributed by atoms with van der Waals surface area (Å²) in [5.41, 5.74) is 0.943. The predicted octanol–water partition coefficient (Wildman–Crippen LogP) is 2.94. The maximum Gasteiger partial charge on any atom is 0.120 e. The summed E-state index contributed by atoms with van der Waals surface area (Å²) >= 11 is 6.14. The number of hydrogen-bond donors (Lipinski definition) is 1. The Morgan fingerprint density at radius 1 is 1.50 bits per heavy atom. The molecular formula is C12H16ClNO2. The van der Waals surface area contributed by atoms with Crippen LogP contribution < -0.4 is 10.1 Å². The molecule has 1 atom stereocenters. The van der Waals surface area contributed by atoms with Crippen LogP contribution in [-0.4, -0.2) is 26.4 Å². The third-order valence-corrected chi connectivity index (χ3v) is 3.01. The van der Waals surface area contributed by atoms with Crippen LogP contribution in [0, 0.1) is 0 Å². The van der Waals surface area contributed by atoms with E-state index in [4.69, 9.17) is 21.1 Å². The summed E-state index contributed by atoms with van der Waals surface area (Å²) in [5.74, 6) is 0.774. The van der Waals surface area contributed by atoms with Crippen molar-refractivity contribution in [3.63, 3.8) is 0 Å². The molecule has 2 rings (SSSR count). The molecule has 1 aliphatic heterocycles. The third-order valence-electron chi connectivity index (χ3n) is 2.70. The van der Waals surface area contributed by atoms with E-state index in [0.717, 1.165) is 37.5 Å². The molecule has 1 saturated heterocycles. The van der Waals surface area contributed by atoms with E-state index in [1.54, 1.807) is 7.11 Å². The molecule has 0 amide bonds. The molecule has 16 heavy (non-hydrogen) atoms. The van der Waals surface area contributed by atoms with Gasteiger partial charge in [-0.15, -0.1) is 0 Å². The van der Waals surface area contributed by atoms with Gasteiger partial charge in [-0.05, 0) is 25.0 Å². The summed E-state index contributed by atoms with van der Waals surface area (Å²) in [6.07, 6.45) is 2.23. The standard InChI is InChI=1S/C12H16ClNO2/c1-15-10-4-5-12(11(13)7-10)14-9-3-2-6-16-8-9/h4-5,7,9,14H,2-3,6,8H2,1H3. The van der Waals surface area contributed by atoms with Gasteiger partial charge >= 0.3 is 0 Å². The topological polar surface area (TPSA) is 30.5 Å². The van der Waals surface area contributed by atoms with Crippen LogP contribution in [0.25, 0.3) is 0 Å². The van der Waals surface area contributed by atoms with E-state index in [2.05, 4.69) is 5.32 Å². The van der Waals surface area contributed by atoms with Gasteiger partial charge in [-0.25, -0.2) is 0 Å². The average Bonchev–Trinajstić information content (AvgIpc) is 2.33. The van der Waals surface area contributed by atoms with E-state index in [9.17, 15) is 0 Å². The van der Waals surface area contributed by atoms with Gasteiger partial charge in [0.2, 0.25) is 0 Å². The number of rotatable bonds is 3. The fourth-order valence-electron chi connectivity index (χ4n) is 1.81. The third kappa shape index (κ3) is 2.80. The first-order valence-electron chi connectivity index (χ1n) is 5.47. The van der Waals surface area contributed by atoms with Gasteiger partial charge in [0.1, 0.15) is 5.75 Å². The van der Waals surface area contributed by atoms with Gasteiger partial charge in [0.05, 0.1) is 24.4 Å². The number of hydrogen-bond acceptors (Lipinski definition) is 3. The van der Waals surface area contributed by atoms with E-state index in [0.29, 0.717) is 11.1 Å². The minimum Gasteiger partial charge on any atom is -0.497 e. The molecule has 1 unspecified atom stereocenters. The monoisotopic (exact) mass is 241 g/mol. The van der Waals surface area contributed by atoms with Crippen molar-refractivity contribution in [3.05, 3.63) is 23.2 Å². The van der Waals surface area contributed by atoms with Gasteiger partial charge in [-0.3, -0.25) is 0 Å². The molecule has 1 aliphatic rings.